The maximum absolute atomic E-state index is 13.6. The second-order valence-corrected chi connectivity index (χ2v) is 13.2. The van der Waals surface area contributed by atoms with Crippen LogP contribution in [0.2, 0.25) is 0 Å². The maximum Gasteiger partial charge on any atom is 0.410 e. The molecule has 3 amide bonds. The highest BCUT2D eigenvalue weighted by atomic mass is 32.1. The lowest BCUT2D eigenvalue weighted by Crippen LogP contribution is -2.47. The first-order valence-electron chi connectivity index (χ1n) is 15.1. The quantitative estimate of drug-likeness (QED) is 0.281. The summed E-state index contributed by atoms with van der Waals surface area (Å²) < 4.78 is 44.6. The Bertz CT molecular complexity index is 1670. The molecule has 0 aliphatic carbocycles. The highest BCUT2D eigenvalue weighted by Gasteiger charge is 2.30. The van der Waals surface area contributed by atoms with Crippen LogP contribution in [0.3, 0.4) is 0 Å². The van der Waals surface area contributed by atoms with E-state index in [9.17, 15) is 23.2 Å². The van der Waals surface area contributed by atoms with Gasteiger partial charge in [0.25, 0.3) is 12.3 Å². The van der Waals surface area contributed by atoms with Gasteiger partial charge in [-0.1, -0.05) is 6.08 Å². The minimum atomic E-state index is -2.78. The molecule has 17 heteroatoms. The number of aromatic nitrogens is 3. The number of rotatable bonds is 9. The summed E-state index contributed by atoms with van der Waals surface area (Å²) in [6, 6.07) is 2.78. The number of hydrogen-bond acceptors (Lipinski definition) is 11. The van der Waals surface area contributed by atoms with E-state index in [1.807, 2.05) is 12.1 Å². The number of fused-ring (bicyclic) bond motifs is 1. The van der Waals surface area contributed by atoms with Crippen molar-refractivity contribution in [2.24, 2.45) is 0 Å². The molecular formula is C30H38F2N8O6S. The van der Waals surface area contributed by atoms with Crippen LogP contribution < -0.4 is 26.0 Å². The molecule has 3 aromatic heterocycles. The molecule has 0 aromatic carbocycles. The molecule has 2 aliphatic rings. The highest BCUT2D eigenvalue weighted by Crippen LogP contribution is 2.37. The van der Waals surface area contributed by atoms with Crippen LogP contribution >= 0.6 is 11.3 Å². The smallest absolute Gasteiger partial charge is 0.410 e. The van der Waals surface area contributed by atoms with Crippen molar-refractivity contribution in [1.82, 2.24) is 30.1 Å². The zero-order chi connectivity index (χ0) is 33.9. The molecule has 0 saturated carbocycles. The first-order valence-corrected chi connectivity index (χ1v) is 15.9. The zero-order valence-electron chi connectivity index (χ0n) is 26.5. The van der Waals surface area contributed by atoms with Crippen LogP contribution in [0.25, 0.3) is 11.1 Å². The van der Waals surface area contributed by atoms with Crippen molar-refractivity contribution in [2.45, 2.75) is 51.7 Å². The Balaban J connectivity index is 1.28. The molecule has 5 heterocycles. The Morgan fingerprint density at radius 1 is 1.23 bits per heavy atom. The van der Waals surface area contributed by atoms with Gasteiger partial charge in [-0.05, 0) is 45.3 Å². The van der Waals surface area contributed by atoms with Gasteiger partial charge in [0.15, 0.2) is 5.82 Å². The first kappa shape index (κ1) is 33.7. The van der Waals surface area contributed by atoms with Gasteiger partial charge in [-0.15, -0.1) is 11.3 Å². The number of alkyl halides is 2. The Kier molecular flexibility index (Phi) is 10.0. The summed E-state index contributed by atoms with van der Waals surface area (Å²) in [5.74, 6) is -0.245. The molecule has 1 fully saturated rings. The minimum Gasteiger partial charge on any atom is -0.490 e. The van der Waals surface area contributed by atoms with E-state index in [4.69, 9.17) is 19.9 Å². The average Bonchev–Trinajstić information content (AvgIpc) is 3.76. The number of piperidine rings is 1. The molecule has 2 aliphatic heterocycles. The van der Waals surface area contributed by atoms with E-state index in [0.29, 0.717) is 49.5 Å². The monoisotopic (exact) mass is 676 g/mol. The number of nitrogen functional groups attached to an aromatic ring is 1. The van der Waals surface area contributed by atoms with Gasteiger partial charge in [-0.2, -0.15) is 5.10 Å². The Morgan fingerprint density at radius 2 is 2.02 bits per heavy atom. The third-order valence-electron chi connectivity index (χ3n) is 7.51. The molecule has 0 spiro atoms. The highest BCUT2D eigenvalue weighted by molar-refractivity contribution is 7.14. The van der Waals surface area contributed by atoms with Crippen molar-refractivity contribution in [3.63, 3.8) is 0 Å². The number of nitrogens with zero attached hydrogens (tertiary/aromatic N) is 5. The number of hydrogen-bond donors (Lipinski definition) is 3. The molecule has 254 valence electrons. The fraction of sp³-hybridized carbons (Fsp3) is 0.500. The van der Waals surface area contributed by atoms with Crippen LogP contribution in [-0.2, 0) is 9.47 Å². The van der Waals surface area contributed by atoms with Gasteiger partial charge >= 0.3 is 12.2 Å². The molecular weight excluding hydrogens is 638 g/mol. The summed E-state index contributed by atoms with van der Waals surface area (Å²) in [5.41, 5.74) is 8.64. The Hall–Kier alpha value is -4.67. The maximum atomic E-state index is 13.6. The van der Waals surface area contributed by atoms with Crippen LogP contribution in [0.4, 0.5) is 29.9 Å². The van der Waals surface area contributed by atoms with Gasteiger partial charge in [0, 0.05) is 31.7 Å². The lowest BCUT2D eigenvalue weighted by atomic mass is 10.0. The van der Waals surface area contributed by atoms with Gasteiger partial charge in [0.2, 0.25) is 0 Å². The summed E-state index contributed by atoms with van der Waals surface area (Å²) in [4.78, 5) is 45.0. The van der Waals surface area contributed by atoms with E-state index in [2.05, 4.69) is 25.6 Å². The Morgan fingerprint density at radius 3 is 2.74 bits per heavy atom. The summed E-state index contributed by atoms with van der Waals surface area (Å²) in [7, 11) is 1.33. The van der Waals surface area contributed by atoms with Gasteiger partial charge in [-0.3, -0.25) is 4.79 Å². The van der Waals surface area contributed by atoms with Gasteiger partial charge in [0.1, 0.15) is 34.7 Å². The van der Waals surface area contributed by atoms with E-state index >= 15 is 0 Å². The molecule has 14 nitrogen and oxygen atoms in total. The molecule has 3 aromatic rings. The van der Waals surface area contributed by atoms with Crippen LogP contribution in [0.5, 0.6) is 5.75 Å². The number of amides is 3. The number of halogens is 2. The molecule has 4 N–H and O–H groups in total. The largest absolute Gasteiger partial charge is 0.490 e. The number of alkyl carbamates (subject to hydrolysis) is 1. The van der Waals surface area contributed by atoms with Crippen molar-refractivity contribution in [2.75, 3.05) is 57.1 Å². The molecule has 1 atom stereocenters. The van der Waals surface area contributed by atoms with Crippen LogP contribution in [0.1, 0.15) is 60.3 Å². The molecule has 0 unspecified atom stereocenters. The summed E-state index contributed by atoms with van der Waals surface area (Å²) in [6.45, 7) is 6.99. The molecule has 1 saturated heterocycles. The standard InChI is InChI=1S/C30H38F2N8O6S/c1-30(2,3)46-28(42)34-8-11-45-21-13-22(25(31)32)47-24(21)27(41)37-18-6-5-9-38(15-18)20-12-19(40-23(20)26(33)35-16-36-40)17-7-10-39(14-17)29(43)44-4/h7,12-13,16,18,25H,5-6,8-11,14-15H2,1-4H3,(H,34,42)(H,37,41)(H2,33,35,36)/t18-/m1/s1. The van der Waals surface area contributed by atoms with Gasteiger partial charge < -0.3 is 40.4 Å². The number of ether oxygens (including phenoxy) is 3. The number of anilines is 2. The van der Waals surface area contributed by atoms with Gasteiger partial charge in [0.05, 0.1) is 36.5 Å². The predicted molar refractivity (Wildman–Crippen MR) is 171 cm³/mol. The number of nitrogens with two attached hydrogens (primary N) is 1. The van der Waals surface area contributed by atoms with Crippen LogP contribution in [0.15, 0.2) is 24.5 Å². The Labute approximate surface area is 273 Å². The van der Waals surface area contributed by atoms with Gasteiger partial charge in [-0.25, -0.2) is 27.9 Å². The second-order valence-electron chi connectivity index (χ2n) is 12.1. The topological polar surface area (TPSA) is 166 Å². The summed E-state index contributed by atoms with van der Waals surface area (Å²) >= 11 is 0.666. The average molecular weight is 677 g/mol. The van der Waals surface area contributed by atoms with Crippen molar-refractivity contribution in [1.29, 1.82) is 0 Å². The van der Waals surface area contributed by atoms with E-state index in [0.717, 1.165) is 29.4 Å². The van der Waals surface area contributed by atoms with E-state index in [1.165, 1.54) is 13.4 Å². The van der Waals surface area contributed by atoms with Crippen molar-refractivity contribution < 1.29 is 37.4 Å². The van der Waals surface area contributed by atoms with E-state index in [1.54, 1.807) is 30.2 Å². The number of nitrogens with one attached hydrogen (secondary N) is 2. The molecule has 0 radical (unpaired) electrons. The third-order valence-corrected chi connectivity index (χ3v) is 8.63. The molecule has 5 rings (SSSR count). The number of methoxy groups -OCH3 is 1. The lowest BCUT2D eigenvalue weighted by Gasteiger charge is -2.34. The van der Waals surface area contributed by atoms with E-state index in [-0.39, 0.29) is 40.5 Å². The van der Waals surface area contributed by atoms with Crippen molar-refractivity contribution >= 4 is 52.0 Å². The summed E-state index contributed by atoms with van der Waals surface area (Å²) in [5, 5.41) is 9.96. The normalized spacial score (nSPS) is 16.7. The molecule has 47 heavy (non-hydrogen) atoms. The van der Waals surface area contributed by atoms with Crippen LogP contribution in [0, 0.1) is 0 Å². The fourth-order valence-electron chi connectivity index (χ4n) is 5.49. The SMILES string of the molecule is COC(=O)N1CC=C(c2cc(N3CCC[C@@H](NC(=O)c4sc(C(F)F)cc4OCCNC(=O)OC(C)(C)C)C3)c3c(N)ncnn23)C1. The lowest BCUT2D eigenvalue weighted by molar-refractivity contribution is 0.0519. The zero-order valence-corrected chi connectivity index (χ0v) is 27.4. The van der Waals surface area contributed by atoms with Crippen molar-refractivity contribution in [3.8, 4) is 5.75 Å². The number of carbonyl (C=O) groups is 3. The van der Waals surface area contributed by atoms with E-state index < -0.39 is 30.1 Å². The van der Waals surface area contributed by atoms with Crippen molar-refractivity contribution in [3.05, 3.63) is 40.0 Å². The first-order chi connectivity index (χ1) is 22.3. The minimum absolute atomic E-state index is 0.0142. The number of thiophene rings is 1. The van der Waals surface area contributed by atoms with Crippen LogP contribution in [-0.4, -0.2) is 95.7 Å². The molecule has 0 bridgehead atoms. The predicted octanol–water partition coefficient (Wildman–Crippen LogP) is 4.08. The third kappa shape index (κ3) is 7.84. The fourth-order valence-corrected chi connectivity index (χ4v) is 6.35. The second kappa shape index (κ2) is 14.0. The summed E-state index contributed by atoms with van der Waals surface area (Å²) in [6.07, 6.45) is 0.837. The number of carbonyl (C=O) groups excluding carboxylic acids is 3.